The summed E-state index contributed by atoms with van der Waals surface area (Å²) in [6.07, 6.45) is -3.31. The van der Waals surface area contributed by atoms with Crippen LogP contribution in [-0.4, -0.2) is 231 Å². The molecule has 100 heavy (non-hydrogen) atoms. The topological polar surface area (TPSA) is 687 Å². The molecular weight excluding hydrogens is 1340 g/mol. The summed E-state index contributed by atoms with van der Waals surface area (Å²) in [5.74, 6) is -18.5. The number of thiol groups is 1. The van der Waals surface area contributed by atoms with Crippen LogP contribution in [-0.2, 0) is 73.5 Å². The van der Waals surface area contributed by atoms with Gasteiger partial charge in [-0.3, -0.25) is 82.1 Å². The Kier molecular flexibility index (Phi) is 37.3. The average Bonchev–Trinajstić information content (AvgIpc) is 1.64. The van der Waals surface area contributed by atoms with Gasteiger partial charge in [0.15, 0.2) is 17.9 Å². The molecule has 11 amide bonds. The van der Waals surface area contributed by atoms with Crippen molar-refractivity contribution in [1.29, 1.82) is 0 Å². The van der Waals surface area contributed by atoms with E-state index in [0.29, 0.717) is 16.5 Å². The number of rotatable bonds is 46. The van der Waals surface area contributed by atoms with Gasteiger partial charge < -0.3 is 124 Å². The first-order valence-electron chi connectivity index (χ1n) is 31.6. The van der Waals surface area contributed by atoms with Gasteiger partial charge in [-0.15, -0.1) is 0 Å². The lowest BCUT2D eigenvalue weighted by molar-refractivity contribution is -0.141. The van der Waals surface area contributed by atoms with E-state index in [2.05, 4.69) is 91.1 Å². The van der Waals surface area contributed by atoms with Crippen molar-refractivity contribution in [3.05, 3.63) is 36.0 Å². The maximum Gasteiger partial charge on any atom is 0.322 e. The number of H-pyrrole nitrogens is 1. The fourth-order valence-electron chi connectivity index (χ4n) is 9.49. The van der Waals surface area contributed by atoms with Crippen molar-refractivity contribution < 1.29 is 87.5 Å². The maximum absolute atomic E-state index is 14.2. The largest absolute Gasteiger partial charge is 0.481 e. The number of nitrogens with one attached hydrogen (secondary N) is 12. The Morgan fingerprint density at radius 3 is 1.35 bits per heavy atom. The molecule has 556 valence electrons. The van der Waals surface area contributed by atoms with Gasteiger partial charge >= 0.3 is 17.9 Å². The summed E-state index contributed by atoms with van der Waals surface area (Å²) in [5.41, 5.74) is 39.7. The van der Waals surface area contributed by atoms with Crippen LogP contribution in [0.5, 0.6) is 0 Å². The van der Waals surface area contributed by atoms with Crippen LogP contribution in [0.3, 0.4) is 0 Å². The lowest BCUT2D eigenvalue weighted by atomic mass is 9.99. The maximum atomic E-state index is 14.2. The molecule has 0 fully saturated rings. The van der Waals surface area contributed by atoms with Crippen molar-refractivity contribution in [1.82, 2.24) is 63.5 Å². The first kappa shape index (κ1) is 85.5. The summed E-state index contributed by atoms with van der Waals surface area (Å²) in [4.78, 5) is 202. The standard InChI is InChI=1S/C59H96N22O18S/c1-27(2)19-37(79-55(98)45(28(3)4)80-51(94)35(14-9-17-68-58(63)64)74-47(90)32(60)26-100)53(96)78-39(21-42(84)85)49(92)71-24-41(83)73-40(22-43(86)87)54(97)75-36(15-10-18-69-59(65)66)52(95)81-46(29(5)82)56(99)76-34(13-8-16-67-57(61)62)50(93)77-38(48(91)72-25-44(88)89)20-30-23-70-33-12-7-6-11-31(30)33/h6-7,11-12,23,27-29,32,34-40,45-46,70,82,100H,8-10,13-22,24-26,60H2,1-5H3,(H,71,92)(H,72,91)(H,73,83)(H,74,90)(H,75,97)(H,76,99)(H,77,93)(H,78,96)(H,79,98)(H,80,94)(H,81,95)(H,84,85)(H,86,87)(H,88,89)(H4,61,62,67)(H4,63,64,68)(H4,65,66,69)/t29-,32+,34+,35+,36+,37+,38+,39+,40+,45+,46+/m1/s1. The number of hydrogen-bond acceptors (Lipinski definition) is 20. The van der Waals surface area contributed by atoms with E-state index in [1.807, 2.05) is 0 Å². The molecule has 0 saturated heterocycles. The van der Waals surface area contributed by atoms with E-state index in [1.54, 1.807) is 58.2 Å². The summed E-state index contributed by atoms with van der Waals surface area (Å²) in [5, 5.41) is 66.5. The molecule has 40 nitrogen and oxygen atoms in total. The Hall–Kier alpha value is -10.6. The van der Waals surface area contributed by atoms with Crippen LogP contribution in [0.15, 0.2) is 45.4 Å². The van der Waals surface area contributed by atoms with Crippen molar-refractivity contribution in [2.45, 2.75) is 165 Å². The number of para-hydroxylation sites is 1. The number of hydrogen-bond donors (Lipinski definition) is 24. The number of carbonyl (C=O) groups is 14. The third kappa shape index (κ3) is 32.2. The van der Waals surface area contributed by atoms with Gasteiger partial charge in [-0.05, 0) is 75.3 Å². The van der Waals surface area contributed by atoms with Gasteiger partial charge in [0.05, 0.1) is 31.5 Å². The minimum absolute atomic E-state index is 0.00862. The molecule has 41 heteroatoms. The fourth-order valence-corrected chi connectivity index (χ4v) is 9.65. The summed E-state index contributed by atoms with van der Waals surface area (Å²) < 4.78 is 0. The molecule has 30 N–H and O–H groups in total. The predicted molar refractivity (Wildman–Crippen MR) is 365 cm³/mol. The number of aromatic nitrogens is 1. The predicted octanol–water partition coefficient (Wildman–Crippen LogP) is -8.16. The number of carboxylic acid groups (broad SMARTS) is 3. The Morgan fingerprint density at radius 2 is 0.880 bits per heavy atom. The molecule has 0 bridgehead atoms. The molecule has 0 saturated carbocycles. The fraction of sp³-hybridized carbons (Fsp3) is 0.576. The molecule has 0 aliphatic rings. The number of amides is 11. The number of nitrogens with two attached hydrogens (primary N) is 7. The Labute approximate surface area is 580 Å². The van der Waals surface area contributed by atoms with E-state index in [1.165, 1.54) is 0 Å². The summed E-state index contributed by atoms with van der Waals surface area (Å²) >= 11 is 4.02. The molecule has 0 spiro atoms. The number of guanidine groups is 3. The number of aliphatic carboxylic acids is 3. The number of aliphatic imine (C=N–C) groups is 3. The zero-order valence-electron chi connectivity index (χ0n) is 56.0. The van der Waals surface area contributed by atoms with Crippen molar-refractivity contribution >= 4 is 124 Å². The van der Waals surface area contributed by atoms with E-state index in [9.17, 15) is 87.5 Å². The number of benzene rings is 1. The van der Waals surface area contributed by atoms with Crippen LogP contribution in [0.2, 0.25) is 0 Å². The van der Waals surface area contributed by atoms with Gasteiger partial charge in [0.1, 0.15) is 60.9 Å². The SMILES string of the molecule is CC(C)C[C@H](NC(=O)[C@@H](NC(=O)[C@H](CCCN=C(N)N)NC(=O)[C@@H](N)CS)C(C)C)C(=O)N[C@@H](CC(=O)O)C(=O)NCC(=O)N[C@@H](CC(=O)O)C(=O)N[C@@H](CCCN=C(N)N)C(=O)N[C@H](C(=O)N[C@@H](CCCN=C(N)N)C(=O)N[C@@H](Cc1c[nH]c2ccccc12)C(=O)NCC(=O)O)[C@@H](C)O. The summed E-state index contributed by atoms with van der Waals surface area (Å²) in [7, 11) is 0. The van der Waals surface area contributed by atoms with E-state index < -0.39 is 181 Å². The Bertz CT molecular complexity index is 3260. The van der Waals surface area contributed by atoms with E-state index in [4.69, 9.17) is 40.1 Å². The van der Waals surface area contributed by atoms with E-state index >= 15 is 0 Å². The zero-order chi connectivity index (χ0) is 75.5. The molecule has 0 radical (unpaired) electrons. The second-order valence-corrected chi connectivity index (χ2v) is 24.2. The van der Waals surface area contributed by atoms with Crippen molar-refractivity contribution in [2.24, 2.45) is 66.9 Å². The molecule has 2 rings (SSSR count). The highest BCUT2D eigenvalue weighted by Gasteiger charge is 2.38. The first-order valence-corrected chi connectivity index (χ1v) is 32.3. The van der Waals surface area contributed by atoms with Gasteiger partial charge in [-0.25, -0.2) is 0 Å². The van der Waals surface area contributed by atoms with E-state index in [0.717, 1.165) is 6.92 Å². The molecule has 0 aliphatic heterocycles. The molecule has 11 atom stereocenters. The lowest BCUT2D eigenvalue weighted by Crippen LogP contribution is -2.61. The quantitative estimate of drug-likeness (QED) is 0.0127. The number of aromatic amines is 1. The smallest absolute Gasteiger partial charge is 0.322 e. The highest BCUT2D eigenvalue weighted by atomic mass is 32.1. The molecule has 1 aromatic heterocycles. The van der Waals surface area contributed by atoms with Gasteiger partial charge in [0.25, 0.3) is 0 Å². The molecule has 0 aliphatic carbocycles. The van der Waals surface area contributed by atoms with Crippen LogP contribution < -0.4 is 98.6 Å². The van der Waals surface area contributed by atoms with Gasteiger partial charge in [-0.1, -0.05) is 45.9 Å². The second kappa shape index (κ2) is 43.7. The van der Waals surface area contributed by atoms with Crippen molar-refractivity contribution in [3.8, 4) is 0 Å². The van der Waals surface area contributed by atoms with Crippen LogP contribution in [0.25, 0.3) is 10.9 Å². The molecule has 2 aromatic rings. The van der Waals surface area contributed by atoms with E-state index in [-0.39, 0.29) is 101 Å². The van der Waals surface area contributed by atoms with Crippen LogP contribution in [0.4, 0.5) is 0 Å². The van der Waals surface area contributed by atoms with Crippen LogP contribution in [0.1, 0.15) is 98.0 Å². The monoisotopic (exact) mass is 1430 g/mol. The average molecular weight is 1430 g/mol. The number of fused-ring (bicyclic) bond motifs is 1. The minimum atomic E-state index is -2.05. The molecule has 0 unspecified atom stereocenters. The van der Waals surface area contributed by atoms with Crippen LogP contribution >= 0.6 is 12.6 Å². The number of carboxylic acids is 3. The number of aliphatic hydroxyl groups is 1. The van der Waals surface area contributed by atoms with Gasteiger partial charge in [0.2, 0.25) is 65.0 Å². The second-order valence-electron chi connectivity index (χ2n) is 23.8. The summed E-state index contributed by atoms with van der Waals surface area (Å²) in [6.45, 7) is 5.46. The Balaban J connectivity index is 2.41. The minimum Gasteiger partial charge on any atom is -0.481 e. The Morgan fingerprint density at radius 1 is 0.480 bits per heavy atom. The van der Waals surface area contributed by atoms with Crippen LogP contribution in [0, 0.1) is 11.8 Å². The first-order chi connectivity index (χ1) is 46.9. The third-order valence-electron chi connectivity index (χ3n) is 14.5. The van der Waals surface area contributed by atoms with Gasteiger partial charge in [0, 0.05) is 48.9 Å². The zero-order valence-corrected chi connectivity index (χ0v) is 56.9. The highest BCUT2D eigenvalue weighted by molar-refractivity contribution is 7.80. The third-order valence-corrected chi connectivity index (χ3v) is 14.9. The van der Waals surface area contributed by atoms with Crippen molar-refractivity contribution in [3.63, 3.8) is 0 Å². The number of nitrogens with zero attached hydrogens (tertiary/aromatic N) is 3. The highest BCUT2D eigenvalue weighted by Crippen LogP contribution is 2.20. The van der Waals surface area contributed by atoms with Gasteiger partial charge in [-0.2, -0.15) is 12.6 Å². The lowest BCUT2D eigenvalue weighted by Gasteiger charge is -2.28. The molecular formula is C59H96N22O18S. The number of carbonyl (C=O) groups excluding carboxylic acids is 11. The van der Waals surface area contributed by atoms with Crippen molar-refractivity contribution in [2.75, 3.05) is 38.5 Å². The molecule has 1 heterocycles. The summed E-state index contributed by atoms with van der Waals surface area (Å²) in [6, 6.07) is -9.00. The molecule has 1 aromatic carbocycles. The normalized spacial score (nSPS) is 14.3. The number of aliphatic hydroxyl groups excluding tert-OH is 1.